The van der Waals surface area contributed by atoms with Crippen molar-refractivity contribution in [2.75, 3.05) is 27.1 Å². The molecule has 2 aliphatic rings. The first kappa shape index (κ1) is 7.96. The van der Waals surface area contributed by atoms with E-state index >= 15 is 0 Å². The van der Waals surface area contributed by atoms with E-state index in [0.717, 1.165) is 7.11 Å². The van der Waals surface area contributed by atoms with Crippen molar-refractivity contribution in [1.82, 2.24) is 4.90 Å². The number of carbonyl (C=O) groups is 1. The lowest BCUT2D eigenvalue weighted by molar-refractivity contribution is -0.160. The molecule has 1 aromatic carbocycles. The Morgan fingerprint density at radius 2 is 2.17 bits per heavy atom. The van der Waals surface area contributed by atoms with Crippen LogP contribution >= 0.6 is 0 Å². The van der Waals surface area contributed by atoms with Gasteiger partial charge in [0.25, 0.3) is 0 Å². The Hall–Kier alpha value is -1.79. The summed E-state index contributed by atoms with van der Waals surface area (Å²) in [6, 6.07) is -6.42. The Kier molecular flexibility index (Phi) is 2.54. The molecule has 0 aromatic heterocycles. The number of fused-ring (bicyclic) bond motifs is 3. The SMILES string of the molecule is [2H]C([2H])([2H])Oc1cc2c(cc1OC)C1([2H])N(C([2H])([2H])C2([2H])[2H])C([2H])([2H])C([2H])(CC(C)C)C(OC(=O)[C@@]([2H])(N)C([2H])(C([2H])([2H])[2H])C([2H])([2H])[2H])C1([2H])[2H]. The molecule has 4 atom stereocenters. The van der Waals surface area contributed by atoms with Crippen LogP contribution in [0.4, 0.5) is 0 Å². The number of piperidine rings is 1. The van der Waals surface area contributed by atoms with E-state index in [1.807, 2.05) is 0 Å². The molecule has 1 fully saturated rings. The minimum absolute atomic E-state index is 0.186. The second-order valence-electron chi connectivity index (χ2n) is 7.02. The molecule has 2 aliphatic heterocycles. The number of ether oxygens (including phenoxy) is 3. The van der Waals surface area contributed by atoms with E-state index < -0.39 is 117 Å². The molecule has 0 aliphatic carbocycles. The van der Waals surface area contributed by atoms with E-state index in [2.05, 4.69) is 0 Å². The third kappa shape index (κ3) is 4.75. The number of carbonyl (C=O) groups excluding carboxylic acids is 1. The van der Waals surface area contributed by atoms with Gasteiger partial charge in [-0.15, -0.1) is 0 Å². The summed E-state index contributed by atoms with van der Waals surface area (Å²) in [5.74, 6) is -12.0. The number of rotatable bonds is 7. The summed E-state index contributed by atoms with van der Waals surface area (Å²) in [5, 5.41) is 0. The van der Waals surface area contributed by atoms with Crippen molar-refractivity contribution in [3.05, 3.63) is 23.3 Å². The number of esters is 1. The highest BCUT2D eigenvalue weighted by atomic mass is 16.5. The summed E-state index contributed by atoms with van der Waals surface area (Å²) in [5.41, 5.74) is 3.81. The van der Waals surface area contributed by atoms with Crippen LogP contribution in [0, 0.1) is 17.7 Å². The van der Waals surface area contributed by atoms with Gasteiger partial charge in [-0.2, -0.15) is 0 Å². The third-order valence-corrected chi connectivity index (χ3v) is 4.38. The Morgan fingerprint density at radius 1 is 1.40 bits per heavy atom. The highest BCUT2D eigenvalue weighted by molar-refractivity contribution is 5.76. The molecule has 3 rings (SSSR count). The topological polar surface area (TPSA) is 74.0 Å². The normalized spacial score (nSPS) is 49.5. The fraction of sp³-hybridized carbons (Fsp3) is 0.708. The lowest BCUT2D eigenvalue weighted by atomic mass is 9.79. The Morgan fingerprint density at radius 3 is 2.83 bits per heavy atom. The molecule has 0 amide bonds. The number of methoxy groups -OCH3 is 2. The fourth-order valence-corrected chi connectivity index (χ4v) is 3.00. The molecule has 0 spiro atoms. The van der Waals surface area contributed by atoms with E-state index in [0.29, 0.717) is 12.1 Å². The summed E-state index contributed by atoms with van der Waals surface area (Å²) in [4.78, 5) is 13.6. The number of aryl methyl sites for hydroxylation is 1. The zero-order valence-electron chi connectivity index (χ0n) is 37.7. The Bertz CT molecular complexity index is 1520. The van der Waals surface area contributed by atoms with Crippen molar-refractivity contribution in [2.45, 2.75) is 64.9 Å². The smallest absolute Gasteiger partial charge is 0.323 e. The van der Waals surface area contributed by atoms with Gasteiger partial charge in [-0.05, 0) is 47.9 Å². The average Bonchev–Trinajstić information content (AvgIpc) is 2.90. The fourth-order valence-electron chi connectivity index (χ4n) is 3.00. The average molecular weight is 440 g/mol. The van der Waals surface area contributed by atoms with Gasteiger partial charge in [0.1, 0.15) is 12.1 Å². The summed E-state index contributed by atoms with van der Waals surface area (Å²) >= 11 is 0. The van der Waals surface area contributed by atoms with E-state index in [-0.39, 0.29) is 4.90 Å². The van der Waals surface area contributed by atoms with Gasteiger partial charge in [0, 0.05) is 53.2 Å². The van der Waals surface area contributed by atoms with Crippen molar-refractivity contribution in [2.24, 2.45) is 23.4 Å². The zero-order valence-corrected chi connectivity index (χ0v) is 16.7. The van der Waals surface area contributed by atoms with E-state index in [1.54, 1.807) is 0 Å². The van der Waals surface area contributed by atoms with Crippen LogP contribution in [0.2, 0.25) is 0 Å². The maximum absolute atomic E-state index is 13.7. The van der Waals surface area contributed by atoms with Crippen molar-refractivity contribution in [3.8, 4) is 11.5 Å². The van der Waals surface area contributed by atoms with Gasteiger partial charge in [0.2, 0.25) is 0 Å². The first-order valence-electron chi connectivity index (χ1n) is 19.5. The molecule has 6 heteroatoms. The van der Waals surface area contributed by atoms with Crippen LogP contribution in [0.25, 0.3) is 0 Å². The summed E-state index contributed by atoms with van der Waals surface area (Å²) < 4.78 is 192. The van der Waals surface area contributed by atoms with Crippen LogP contribution in [0.1, 0.15) is 86.3 Å². The van der Waals surface area contributed by atoms with Crippen molar-refractivity contribution < 1.29 is 47.8 Å². The molecular weight excluding hydrogens is 380 g/mol. The molecule has 2 N–H and O–H groups in total. The van der Waals surface area contributed by atoms with Gasteiger partial charge in [-0.3, -0.25) is 9.69 Å². The number of benzene rings is 1. The molecular formula is C24H38N2O4. The second kappa shape index (κ2) is 9.56. The van der Waals surface area contributed by atoms with Gasteiger partial charge >= 0.3 is 5.97 Å². The van der Waals surface area contributed by atoms with Crippen molar-refractivity contribution in [1.29, 1.82) is 0 Å². The number of hydrogen-bond donors (Lipinski definition) is 1. The number of nitrogens with two attached hydrogens (primary N) is 1. The molecule has 0 radical (unpaired) electrons. The minimum atomic E-state index is -4.17. The lowest BCUT2D eigenvalue weighted by Crippen LogP contribution is -2.51. The largest absolute Gasteiger partial charge is 0.493 e. The van der Waals surface area contributed by atoms with Crippen LogP contribution in [0.15, 0.2) is 12.1 Å². The highest BCUT2D eigenvalue weighted by Gasteiger charge is 2.41. The van der Waals surface area contributed by atoms with Crippen LogP contribution in [0.3, 0.4) is 0 Å². The standard InChI is InChI=1S/C24H38N2O4/c1-14(2)9-17-13-26-8-7-16-10-21(28-5)22(29-6)11-18(16)19(26)12-20(17)30-24(27)23(25)15(3)4/h10-11,14-15,17,19-20,23H,7-9,12-13,25H2,1-6H3/t17?,19?,20?,23-/m0/s1/i3D3,4D3,5D3,7D2,8D2,12D2,13D2,15D,17D,19D,23D. The van der Waals surface area contributed by atoms with Gasteiger partial charge < -0.3 is 19.9 Å². The van der Waals surface area contributed by atoms with E-state index in [1.165, 1.54) is 13.8 Å². The molecule has 6 nitrogen and oxygen atoms in total. The molecule has 0 bridgehead atoms. The van der Waals surface area contributed by atoms with Gasteiger partial charge in [-0.25, -0.2) is 0 Å². The second-order valence-corrected chi connectivity index (χ2v) is 7.02. The molecule has 168 valence electrons. The van der Waals surface area contributed by atoms with Gasteiger partial charge in [-0.1, -0.05) is 27.6 Å². The predicted octanol–water partition coefficient (Wildman–Crippen LogP) is 3.56. The van der Waals surface area contributed by atoms with Crippen LogP contribution in [-0.2, 0) is 15.9 Å². The van der Waals surface area contributed by atoms with Crippen molar-refractivity contribution >= 4 is 5.97 Å². The lowest BCUT2D eigenvalue weighted by Gasteiger charge is -2.47. The van der Waals surface area contributed by atoms with Crippen LogP contribution in [0.5, 0.6) is 11.5 Å². The number of nitrogens with zero attached hydrogens (tertiary/aromatic N) is 1. The number of hydrogen-bond acceptors (Lipinski definition) is 6. The van der Waals surface area contributed by atoms with Crippen molar-refractivity contribution in [3.63, 3.8) is 0 Å². The first-order valence-corrected chi connectivity index (χ1v) is 9.02. The minimum Gasteiger partial charge on any atom is -0.493 e. The molecule has 1 aromatic rings. The summed E-state index contributed by atoms with van der Waals surface area (Å²) in [6.45, 7) is -12.7. The van der Waals surface area contributed by atoms with E-state index in [4.69, 9.17) is 40.5 Å². The zero-order chi connectivity index (χ0) is 40.4. The maximum atomic E-state index is 13.7. The summed E-state index contributed by atoms with van der Waals surface area (Å²) in [6.07, 6.45) is -11.1. The Labute approximate surface area is 210 Å². The third-order valence-electron chi connectivity index (χ3n) is 4.38. The molecule has 30 heavy (non-hydrogen) atoms. The first-order chi connectivity index (χ1) is 22.3. The molecule has 2 heterocycles. The van der Waals surface area contributed by atoms with Gasteiger partial charge in [0.05, 0.1) is 21.0 Å². The summed E-state index contributed by atoms with van der Waals surface area (Å²) in [7, 11) is -2.21. The molecule has 3 unspecified atom stereocenters. The highest BCUT2D eigenvalue weighted by Crippen LogP contribution is 2.44. The van der Waals surface area contributed by atoms with Gasteiger partial charge in [0.15, 0.2) is 11.5 Å². The Balaban J connectivity index is 2.51. The quantitative estimate of drug-likeness (QED) is 0.655. The van der Waals surface area contributed by atoms with Crippen LogP contribution in [-0.4, -0.2) is 50.1 Å². The van der Waals surface area contributed by atoms with E-state index in [9.17, 15) is 13.0 Å². The predicted molar refractivity (Wildman–Crippen MR) is 118 cm³/mol. The molecule has 1 saturated heterocycles. The molecule has 0 saturated carbocycles. The monoisotopic (exact) mass is 439 g/mol. The van der Waals surface area contributed by atoms with Crippen LogP contribution < -0.4 is 15.2 Å². The maximum Gasteiger partial charge on any atom is 0.323 e.